The van der Waals surface area contributed by atoms with E-state index in [9.17, 15) is 0 Å². The molecule has 0 fully saturated rings. The molecule has 16 heavy (non-hydrogen) atoms. The Kier molecular flexibility index (Phi) is 3.14. The van der Waals surface area contributed by atoms with Gasteiger partial charge in [-0.25, -0.2) is 0 Å². The third kappa shape index (κ3) is 2.55. The van der Waals surface area contributed by atoms with Crippen LogP contribution in [-0.2, 0) is 6.54 Å². The number of aromatic amines is 1. The third-order valence-corrected chi connectivity index (χ3v) is 2.80. The lowest BCUT2D eigenvalue weighted by Crippen LogP contribution is -2.16. The van der Waals surface area contributed by atoms with E-state index < -0.39 is 0 Å². The van der Waals surface area contributed by atoms with Crippen LogP contribution in [0.5, 0.6) is 0 Å². The lowest BCUT2D eigenvalue weighted by atomic mass is 10.3. The normalized spacial score (nSPS) is 10.4. The quantitative estimate of drug-likeness (QED) is 0.908. The van der Waals surface area contributed by atoms with Crippen LogP contribution in [0.25, 0.3) is 0 Å². The van der Waals surface area contributed by atoms with Crippen molar-refractivity contribution >= 4 is 27.4 Å². The van der Waals surface area contributed by atoms with Gasteiger partial charge < -0.3 is 10.6 Å². The Morgan fingerprint density at radius 2 is 2.25 bits per heavy atom. The fourth-order valence-corrected chi connectivity index (χ4v) is 1.91. The molecular weight excluding hydrogens is 268 g/mol. The monoisotopic (exact) mass is 280 g/mol. The molecule has 2 rings (SSSR count). The van der Waals surface area contributed by atoms with Gasteiger partial charge >= 0.3 is 0 Å². The highest BCUT2D eigenvalue weighted by Crippen LogP contribution is 2.20. The van der Waals surface area contributed by atoms with Crippen molar-refractivity contribution in [3.8, 4) is 0 Å². The predicted octanol–water partition coefficient (Wildman–Crippen LogP) is 2.39. The predicted molar refractivity (Wildman–Crippen MR) is 69.2 cm³/mol. The second-order valence-electron chi connectivity index (χ2n) is 3.65. The molecule has 3 N–H and O–H groups in total. The smallest absolute Gasteiger partial charge is 0.145 e. The summed E-state index contributed by atoms with van der Waals surface area (Å²) in [6.45, 7) is 0.751. The summed E-state index contributed by atoms with van der Waals surface area (Å²) in [7, 11) is 2.03. The first kappa shape index (κ1) is 11.0. The van der Waals surface area contributed by atoms with Crippen LogP contribution >= 0.6 is 15.9 Å². The highest BCUT2D eigenvalue weighted by atomic mass is 79.9. The van der Waals surface area contributed by atoms with E-state index in [0.717, 1.165) is 22.4 Å². The van der Waals surface area contributed by atoms with Gasteiger partial charge in [0.25, 0.3) is 0 Å². The Morgan fingerprint density at radius 3 is 2.88 bits per heavy atom. The Balaban J connectivity index is 2.11. The number of H-pyrrole nitrogens is 1. The molecule has 0 radical (unpaired) electrons. The van der Waals surface area contributed by atoms with E-state index in [2.05, 4.69) is 43.2 Å². The average Bonchev–Trinajstić information content (AvgIpc) is 2.64. The van der Waals surface area contributed by atoms with Crippen LogP contribution in [0.4, 0.5) is 11.5 Å². The van der Waals surface area contributed by atoms with Gasteiger partial charge in [-0.3, -0.25) is 5.10 Å². The van der Waals surface area contributed by atoms with Crippen molar-refractivity contribution in [2.45, 2.75) is 6.54 Å². The zero-order valence-electron chi connectivity index (χ0n) is 8.94. The Morgan fingerprint density at radius 1 is 1.44 bits per heavy atom. The van der Waals surface area contributed by atoms with Gasteiger partial charge in [0.2, 0.25) is 0 Å². The molecule has 5 heteroatoms. The topological polar surface area (TPSA) is 57.9 Å². The number of nitrogens with two attached hydrogens (primary N) is 1. The summed E-state index contributed by atoms with van der Waals surface area (Å²) in [5.41, 5.74) is 7.69. The minimum absolute atomic E-state index is 0.526. The van der Waals surface area contributed by atoms with E-state index in [1.165, 1.54) is 0 Å². The van der Waals surface area contributed by atoms with Gasteiger partial charge in [0.05, 0.1) is 12.2 Å². The van der Waals surface area contributed by atoms with Gasteiger partial charge in [-0.2, -0.15) is 5.10 Å². The van der Waals surface area contributed by atoms with Crippen LogP contribution < -0.4 is 10.6 Å². The Bertz CT molecular complexity index is 480. The zero-order chi connectivity index (χ0) is 11.5. The fourth-order valence-electron chi connectivity index (χ4n) is 1.52. The second-order valence-corrected chi connectivity index (χ2v) is 4.57. The van der Waals surface area contributed by atoms with Crippen LogP contribution in [0.1, 0.15) is 5.69 Å². The molecule has 0 aliphatic carbocycles. The molecule has 2 aromatic rings. The van der Waals surface area contributed by atoms with Crippen molar-refractivity contribution in [1.29, 1.82) is 0 Å². The van der Waals surface area contributed by atoms with Crippen molar-refractivity contribution in [3.63, 3.8) is 0 Å². The standard InChI is InChI=1S/C11H13BrN4/c1-16(7-9-6-11(13)15-14-9)10-4-2-3-8(12)5-10/h2-6H,7H2,1H3,(H3,13,14,15). The van der Waals surface area contributed by atoms with Crippen molar-refractivity contribution in [3.05, 3.63) is 40.5 Å². The minimum Gasteiger partial charge on any atom is -0.382 e. The van der Waals surface area contributed by atoms with E-state index in [0.29, 0.717) is 5.82 Å². The number of hydrogen-bond donors (Lipinski definition) is 2. The summed E-state index contributed by atoms with van der Waals surface area (Å²) in [5, 5.41) is 6.79. The first-order valence-electron chi connectivity index (χ1n) is 4.91. The molecule has 1 heterocycles. The SMILES string of the molecule is CN(Cc1cc(N)n[nH]1)c1cccc(Br)c1. The zero-order valence-corrected chi connectivity index (χ0v) is 10.5. The van der Waals surface area contributed by atoms with Crippen LogP contribution in [0.15, 0.2) is 34.8 Å². The number of anilines is 2. The summed E-state index contributed by atoms with van der Waals surface area (Å²) in [4.78, 5) is 2.12. The van der Waals surface area contributed by atoms with Gasteiger partial charge in [-0.1, -0.05) is 22.0 Å². The summed E-state index contributed by atoms with van der Waals surface area (Å²) in [6, 6.07) is 9.99. The molecule has 4 nitrogen and oxygen atoms in total. The second kappa shape index (κ2) is 4.57. The number of hydrogen-bond acceptors (Lipinski definition) is 3. The van der Waals surface area contributed by atoms with Crippen molar-refractivity contribution in [1.82, 2.24) is 10.2 Å². The molecule has 1 aromatic heterocycles. The number of aromatic nitrogens is 2. The average molecular weight is 281 g/mol. The van der Waals surface area contributed by atoms with Gasteiger partial charge in [-0.15, -0.1) is 0 Å². The molecule has 0 aliphatic rings. The molecule has 1 aromatic carbocycles. The van der Waals surface area contributed by atoms with Crippen LogP contribution in [0.2, 0.25) is 0 Å². The molecule has 0 unspecified atom stereocenters. The van der Waals surface area contributed by atoms with E-state index in [-0.39, 0.29) is 0 Å². The fraction of sp³-hybridized carbons (Fsp3) is 0.182. The molecule has 0 spiro atoms. The Hall–Kier alpha value is -1.49. The first-order valence-corrected chi connectivity index (χ1v) is 5.71. The molecule has 84 valence electrons. The van der Waals surface area contributed by atoms with Gasteiger partial charge in [0.15, 0.2) is 0 Å². The highest BCUT2D eigenvalue weighted by molar-refractivity contribution is 9.10. The number of nitrogens with one attached hydrogen (secondary N) is 1. The molecule has 0 amide bonds. The molecule has 0 atom stereocenters. The van der Waals surface area contributed by atoms with E-state index in [1.807, 2.05) is 25.2 Å². The van der Waals surface area contributed by atoms with E-state index >= 15 is 0 Å². The summed E-state index contributed by atoms with van der Waals surface area (Å²) < 4.78 is 1.07. The van der Waals surface area contributed by atoms with Crippen LogP contribution in [0.3, 0.4) is 0 Å². The van der Waals surface area contributed by atoms with Gasteiger partial charge in [0, 0.05) is 23.3 Å². The summed E-state index contributed by atoms with van der Waals surface area (Å²) >= 11 is 3.45. The molecule has 0 saturated carbocycles. The molecular formula is C11H13BrN4. The third-order valence-electron chi connectivity index (χ3n) is 2.31. The maximum Gasteiger partial charge on any atom is 0.145 e. The van der Waals surface area contributed by atoms with Crippen molar-refractivity contribution in [2.24, 2.45) is 0 Å². The lowest BCUT2D eigenvalue weighted by molar-refractivity contribution is 0.870. The highest BCUT2D eigenvalue weighted by Gasteiger charge is 2.04. The number of halogens is 1. The number of rotatable bonds is 3. The number of nitrogens with zero attached hydrogens (tertiary/aromatic N) is 2. The summed E-state index contributed by atoms with van der Waals surface area (Å²) in [5.74, 6) is 0.526. The van der Waals surface area contributed by atoms with Crippen molar-refractivity contribution < 1.29 is 0 Å². The van der Waals surface area contributed by atoms with Crippen LogP contribution in [-0.4, -0.2) is 17.2 Å². The number of benzene rings is 1. The van der Waals surface area contributed by atoms with Crippen LogP contribution in [0, 0.1) is 0 Å². The van der Waals surface area contributed by atoms with Crippen molar-refractivity contribution in [2.75, 3.05) is 17.7 Å². The van der Waals surface area contributed by atoms with Gasteiger partial charge in [0.1, 0.15) is 5.82 Å². The Labute approximate surface area is 103 Å². The molecule has 0 aliphatic heterocycles. The lowest BCUT2D eigenvalue weighted by Gasteiger charge is -2.18. The maximum absolute atomic E-state index is 5.55. The van der Waals surface area contributed by atoms with E-state index in [1.54, 1.807) is 0 Å². The molecule has 0 bridgehead atoms. The van der Waals surface area contributed by atoms with E-state index in [4.69, 9.17) is 5.73 Å². The largest absolute Gasteiger partial charge is 0.382 e. The number of nitrogen functional groups attached to an aromatic ring is 1. The maximum atomic E-state index is 5.55. The minimum atomic E-state index is 0.526. The van der Waals surface area contributed by atoms with Gasteiger partial charge in [-0.05, 0) is 18.2 Å². The molecule has 0 saturated heterocycles. The summed E-state index contributed by atoms with van der Waals surface area (Å²) in [6.07, 6.45) is 0. The first-order chi connectivity index (χ1) is 7.65.